The maximum Gasteiger partial charge on any atom is 0.279 e. The fourth-order valence-corrected chi connectivity index (χ4v) is 6.26. The first kappa shape index (κ1) is 24.8. The third kappa shape index (κ3) is 4.46. The molecule has 0 saturated carbocycles. The maximum absolute atomic E-state index is 13.3. The second-order valence-electron chi connectivity index (χ2n) is 7.88. The summed E-state index contributed by atoms with van der Waals surface area (Å²) >= 11 is 12.0. The summed E-state index contributed by atoms with van der Waals surface area (Å²) in [5.74, 6) is -0.860. The van der Waals surface area contributed by atoms with Crippen molar-refractivity contribution in [2.45, 2.75) is 48.2 Å². The maximum atomic E-state index is 13.3. The minimum atomic E-state index is -4.18. The zero-order valence-electron chi connectivity index (χ0n) is 17.3. The largest absolute Gasteiger partial charge is 0.489 e. The first-order valence-electron chi connectivity index (χ1n) is 9.65. The number of rotatable bonds is 6. The summed E-state index contributed by atoms with van der Waals surface area (Å²) in [4.78, 5) is 12.2. The number of ether oxygens (including phenoxy) is 2. The first-order valence-corrected chi connectivity index (χ1v) is 12.0. The van der Waals surface area contributed by atoms with E-state index in [1.165, 1.54) is 43.6 Å². The molecule has 2 atom stereocenters. The zero-order chi connectivity index (χ0) is 23.7. The average molecular weight is 504 g/mol. The third-order valence-electron chi connectivity index (χ3n) is 5.61. The Morgan fingerprint density at radius 1 is 1.22 bits per heavy atom. The predicted molar refractivity (Wildman–Crippen MR) is 118 cm³/mol. The van der Waals surface area contributed by atoms with Crippen LogP contribution in [0.3, 0.4) is 0 Å². The molecule has 0 bridgehead atoms. The molecule has 1 aliphatic rings. The molecule has 2 unspecified atom stereocenters. The van der Waals surface area contributed by atoms with Gasteiger partial charge >= 0.3 is 0 Å². The first-order chi connectivity index (χ1) is 14.9. The molecule has 1 fully saturated rings. The molecule has 3 rings (SSSR count). The molecule has 0 aliphatic carbocycles. The van der Waals surface area contributed by atoms with Crippen molar-refractivity contribution in [3.63, 3.8) is 0 Å². The highest BCUT2D eigenvalue weighted by Gasteiger charge is 2.62. The minimum absolute atomic E-state index is 0.0148. The Kier molecular flexibility index (Phi) is 7.09. The summed E-state index contributed by atoms with van der Waals surface area (Å²) in [6, 6.07) is 10.6. The number of hydroxylamine groups is 1. The molecule has 1 heterocycles. The normalized spacial score (nSPS) is 22.9. The fourth-order valence-electron chi connectivity index (χ4n) is 3.70. The molecule has 0 aromatic heterocycles. The Morgan fingerprint density at radius 2 is 1.88 bits per heavy atom. The van der Waals surface area contributed by atoms with Crippen LogP contribution in [0, 0.1) is 0 Å². The van der Waals surface area contributed by atoms with E-state index < -0.39 is 32.2 Å². The van der Waals surface area contributed by atoms with Gasteiger partial charge in [0, 0.05) is 22.2 Å². The number of carbonyl (C=O) groups excluding carboxylic acids is 1. The quantitative estimate of drug-likeness (QED) is 0.408. The minimum Gasteiger partial charge on any atom is -0.489 e. The van der Waals surface area contributed by atoms with Crippen molar-refractivity contribution in [2.75, 3.05) is 6.61 Å². The van der Waals surface area contributed by atoms with Gasteiger partial charge < -0.3 is 14.6 Å². The van der Waals surface area contributed by atoms with E-state index in [1.54, 1.807) is 18.2 Å². The van der Waals surface area contributed by atoms with Gasteiger partial charge in [-0.05, 0) is 56.7 Å². The molecule has 2 aromatic rings. The topological polar surface area (TPSA) is 122 Å². The number of sulfone groups is 1. The molecule has 0 radical (unpaired) electrons. The van der Waals surface area contributed by atoms with Gasteiger partial charge in [-0.3, -0.25) is 10.0 Å². The zero-order valence-corrected chi connectivity index (χ0v) is 19.7. The van der Waals surface area contributed by atoms with Crippen molar-refractivity contribution < 1.29 is 33.0 Å². The predicted octanol–water partition coefficient (Wildman–Crippen LogP) is 3.15. The Bertz CT molecular complexity index is 1110. The molecule has 3 N–H and O–H groups in total. The van der Waals surface area contributed by atoms with Gasteiger partial charge in [0.05, 0.1) is 4.90 Å². The number of nitrogens with one attached hydrogen (secondary N) is 1. The molecule has 174 valence electrons. The highest BCUT2D eigenvalue weighted by molar-refractivity contribution is 7.92. The van der Waals surface area contributed by atoms with Gasteiger partial charge in [0.25, 0.3) is 5.91 Å². The molecule has 32 heavy (non-hydrogen) atoms. The molecule has 8 nitrogen and oxygen atoms in total. The third-order valence-corrected chi connectivity index (χ3v) is 8.45. The Hall–Kier alpha value is -1.88. The summed E-state index contributed by atoms with van der Waals surface area (Å²) in [5, 5.41) is 19.6. The van der Waals surface area contributed by atoms with E-state index >= 15 is 0 Å². The molecule has 1 amide bonds. The lowest BCUT2D eigenvalue weighted by Gasteiger charge is -2.48. The van der Waals surface area contributed by atoms with E-state index in [2.05, 4.69) is 0 Å². The van der Waals surface area contributed by atoms with Crippen LogP contribution in [-0.4, -0.2) is 47.7 Å². The lowest BCUT2D eigenvalue weighted by atomic mass is 9.79. The number of benzene rings is 2. The van der Waals surface area contributed by atoms with Gasteiger partial charge in [0.15, 0.2) is 15.4 Å². The lowest BCUT2D eigenvalue weighted by Crippen LogP contribution is -2.71. The van der Waals surface area contributed by atoms with Crippen LogP contribution >= 0.6 is 23.2 Å². The molecule has 2 aromatic carbocycles. The summed E-state index contributed by atoms with van der Waals surface area (Å²) in [6.45, 7) is 2.94. The van der Waals surface area contributed by atoms with Gasteiger partial charge in [-0.25, -0.2) is 13.9 Å². The fraction of sp³-hybridized carbons (Fsp3) is 0.381. The van der Waals surface area contributed by atoms with Crippen LogP contribution in [-0.2, 0) is 26.0 Å². The standard InChI is InChI=1S/C21H23Cl2NO7S/c1-20(2)21(26,19(25)24-27)18(9-10-31-20)32(28,29)16-7-5-15(6-8-16)30-12-13-3-4-14(22)11-17(13)23/h3-8,11,18,26-27H,9-10,12H2,1-2H3,(H,24,25). The van der Waals surface area contributed by atoms with Crippen LogP contribution in [0.4, 0.5) is 0 Å². The average Bonchev–Trinajstić information content (AvgIpc) is 2.74. The SMILES string of the molecule is CC1(C)OCCC(S(=O)(=O)c2ccc(OCc3ccc(Cl)cc3Cl)cc2)C1(O)C(=O)NO. The van der Waals surface area contributed by atoms with Crippen LogP contribution in [0.5, 0.6) is 5.75 Å². The van der Waals surface area contributed by atoms with Gasteiger partial charge in [-0.15, -0.1) is 0 Å². The summed E-state index contributed by atoms with van der Waals surface area (Å²) < 4.78 is 37.8. The number of carbonyl (C=O) groups is 1. The number of halogens is 2. The van der Waals surface area contributed by atoms with Crippen molar-refractivity contribution in [1.82, 2.24) is 5.48 Å². The molecule has 1 aliphatic heterocycles. The van der Waals surface area contributed by atoms with Gasteiger partial charge in [0.2, 0.25) is 0 Å². The van der Waals surface area contributed by atoms with Gasteiger partial charge in [-0.2, -0.15) is 0 Å². The summed E-state index contributed by atoms with van der Waals surface area (Å²) in [5.41, 5.74) is -2.01. The summed E-state index contributed by atoms with van der Waals surface area (Å²) in [7, 11) is -4.18. The Morgan fingerprint density at radius 3 is 2.47 bits per heavy atom. The van der Waals surface area contributed by atoms with Gasteiger partial charge in [0.1, 0.15) is 23.2 Å². The van der Waals surface area contributed by atoms with Crippen molar-refractivity contribution in [3.8, 4) is 5.75 Å². The van der Waals surface area contributed by atoms with Crippen LogP contribution in [0.1, 0.15) is 25.8 Å². The van der Waals surface area contributed by atoms with Crippen LogP contribution in [0.15, 0.2) is 47.4 Å². The number of aliphatic hydroxyl groups is 1. The van der Waals surface area contributed by atoms with Crippen LogP contribution in [0.25, 0.3) is 0 Å². The van der Waals surface area contributed by atoms with Crippen LogP contribution < -0.4 is 10.2 Å². The number of hydrogen-bond acceptors (Lipinski definition) is 7. The molecular weight excluding hydrogens is 481 g/mol. The molecular formula is C21H23Cl2NO7S. The van der Waals surface area contributed by atoms with E-state index in [0.717, 1.165) is 0 Å². The van der Waals surface area contributed by atoms with Crippen molar-refractivity contribution in [3.05, 3.63) is 58.1 Å². The van der Waals surface area contributed by atoms with Crippen molar-refractivity contribution in [2.24, 2.45) is 0 Å². The lowest BCUT2D eigenvalue weighted by molar-refractivity contribution is -0.205. The van der Waals surface area contributed by atoms with E-state index in [1.807, 2.05) is 0 Å². The van der Waals surface area contributed by atoms with E-state index in [-0.39, 0.29) is 24.5 Å². The van der Waals surface area contributed by atoms with E-state index in [9.17, 15) is 18.3 Å². The van der Waals surface area contributed by atoms with Crippen LogP contribution in [0.2, 0.25) is 10.0 Å². The molecule has 1 saturated heterocycles. The number of hydrogen-bond donors (Lipinski definition) is 3. The van der Waals surface area contributed by atoms with E-state index in [0.29, 0.717) is 21.4 Å². The Balaban J connectivity index is 1.84. The van der Waals surface area contributed by atoms with E-state index in [4.69, 9.17) is 37.9 Å². The molecule has 11 heteroatoms. The second-order valence-corrected chi connectivity index (χ2v) is 10.9. The van der Waals surface area contributed by atoms with Gasteiger partial charge in [-0.1, -0.05) is 29.3 Å². The number of amides is 1. The monoisotopic (exact) mass is 503 g/mol. The Labute approximate surface area is 195 Å². The summed E-state index contributed by atoms with van der Waals surface area (Å²) in [6.07, 6.45) is -0.136. The highest BCUT2D eigenvalue weighted by Crippen LogP contribution is 2.41. The van der Waals surface area contributed by atoms with Crippen molar-refractivity contribution in [1.29, 1.82) is 0 Å². The smallest absolute Gasteiger partial charge is 0.279 e. The highest BCUT2D eigenvalue weighted by atomic mass is 35.5. The molecule has 0 spiro atoms. The second kappa shape index (κ2) is 9.17. The van der Waals surface area contributed by atoms with Crippen molar-refractivity contribution >= 4 is 38.9 Å².